The Bertz CT molecular complexity index is 488. The van der Waals surface area contributed by atoms with E-state index in [1.165, 1.54) is 13.2 Å². The van der Waals surface area contributed by atoms with Gasteiger partial charge in [-0.3, -0.25) is 0 Å². The van der Waals surface area contributed by atoms with Gasteiger partial charge in [-0.2, -0.15) is 0 Å². The average molecular weight is 298 g/mol. The highest BCUT2D eigenvalue weighted by Crippen LogP contribution is 2.43. The molecule has 116 valence electrons. The Morgan fingerprint density at radius 3 is 2.43 bits per heavy atom. The quantitative estimate of drug-likeness (QED) is 0.843. The van der Waals surface area contributed by atoms with E-state index >= 15 is 0 Å². The van der Waals surface area contributed by atoms with E-state index in [0.29, 0.717) is 19.1 Å². The van der Waals surface area contributed by atoms with Gasteiger partial charge in [0, 0.05) is 12.8 Å². The first-order chi connectivity index (χ1) is 10.1. The van der Waals surface area contributed by atoms with Gasteiger partial charge in [0.15, 0.2) is 5.79 Å². The zero-order valence-corrected chi connectivity index (χ0v) is 12.1. The summed E-state index contributed by atoms with van der Waals surface area (Å²) < 4.78 is 42.3. The Balaban J connectivity index is 1.73. The molecule has 0 N–H and O–H groups in total. The smallest absolute Gasteiger partial charge is 0.267 e. The Labute approximate surface area is 123 Å². The molecule has 0 aromatic heterocycles. The maximum absolute atomic E-state index is 12.9. The number of methoxy groups -OCH3 is 1. The van der Waals surface area contributed by atoms with Crippen LogP contribution < -0.4 is 4.74 Å². The first kappa shape index (κ1) is 14.7. The van der Waals surface area contributed by atoms with Crippen molar-refractivity contribution in [3.8, 4) is 5.75 Å². The van der Waals surface area contributed by atoms with Crippen molar-refractivity contribution < 1.29 is 23.0 Å². The molecule has 3 rings (SSSR count). The summed E-state index contributed by atoms with van der Waals surface area (Å²) in [5.74, 6) is 0.240. The molecule has 1 aromatic rings. The van der Waals surface area contributed by atoms with Crippen LogP contribution in [0.15, 0.2) is 18.2 Å². The van der Waals surface area contributed by atoms with Crippen LogP contribution in [-0.4, -0.2) is 26.1 Å². The predicted molar refractivity (Wildman–Crippen MR) is 73.8 cm³/mol. The molecule has 0 atom stereocenters. The van der Waals surface area contributed by atoms with E-state index in [4.69, 9.17) is 14.2 Å². The molecule has 1 aliphatic carbocycles. The number of halogens is 2. The van der Waals surface area contributed by atoms with E-state index in [0.717, 1.165) is 31.2 Å². The molecule has 2 aliphatic rings. The number of rotatable bonds is 3. The molecule has 1 saturated heterocycles. The van der Waals surface area contributed by atoms with E-state index in [-0.39, 0.29) is 17.1 Å². The maximum atomic E-state index is 12.9. The Morgan fingerprint density at radius 2 is 1.86 bits per heavy atom. The van der Waals surface area contributed by atoms with Crippen molar-refractivity contribution >= 4 is 0 Å². The number of ether oxygens (including phenoxy) is 3. The molecule has 0 bridgehead atoms. The minimum atomic E-state index is -2.51. The molecular weight excluding hydrogens is 278 g/mol. The van der Waals surface area contributed by atoms with Crippen molar-refractivity contribution in [2.45, 2.75) is 43.8 Å². The first-order valence-electron chi connectivity index (χ1n) is 7.37. The molecule has 0 radical (unpaired) electrons. The number of hydrogen-bond donors (Lipinski definition) is 0. The zero-order chi connectivity index (χ0) is 14.9. The van der Waals surface area contributed by atoms with Gasteiger partial charge < -0.3 is 14.2 Å². The standard InChI is InChI=1S/C16H20F2O3/c1-19-14-10-12(2-3-13(14)15(17)18)11-4-6-16(7-5-11)20-8-9-21-16/h2-3,10-11,15H,4-9H2,1H3. The van der Waals surface area contributed by atoms with Gasteiger partial charge in [0.05, 0.1) is 25.9 Å². The van der Waals surface area contributed by atoms with Crippen LogP contribution in [-0.2, 0) is 9.47 Å². The number of alkyl halides is 2. The third-order valence-corrected chi connectivity index (χ3v) is 4.52. The van der Waals surface area contributed by atoms with Crippen molar-refractivity contribution in [2.75, 3.05) is 20.3 Å². The highest BCUT2D eigenvalue weighted by molar-refractivity contribution is 5.39. The summed E-state index contributed by atoms with van der Waals surface area (Å²) in [5, 5.41) is 0. The highest BCUT2D eigenvalue weighted by Gasteiger charge is 2.40. The third-order valence-electron chi connectivity index (χ3n) is 4.52. The van der Waals surface area contributed by atoms with Gasteiger partial charge in [0.2, 0.25) is 0 Å². The lowest BCUT2D eigenvalue weighted by molar-refractivity contribution is -0.178. The molecule has 1 saturated carbocycles. The van der Waals surface area contributed by atoms with Gasteiger partial charge in [0.1, 0.15) is 5.75 Å². The minimum absolute atomic E-state index is 0.0454. The molecule has 1 heterocycles. The van der Waals surface area contributed by atoms with Crippen LogP contribution in [0.1, 0.15) is 49.2 Å². The second-order valence-electron chi connectivity index (χ2n) is 5.68. The summed E-state index contributed by atoms with van der Waals surface area (Å²) in [6.07, 6.45) is 1.09. The van der Waals surface area contributed by atoms with Gasteiger partial charge in [-0.05, 0) is 36.5 Å². The Morgan fingerprint density at radius 1 is 1.19 bits per heavy atom. The lowest BCUT2D eigenvalue weighted by atomic mass is 9.80. The second-order valence-corrected chi connectivity index (χ2v) is 5.68. The summed E-state index contributed by atoms with van der Waals surface area (Å²) >= 11 is 0. The molecule has 21 heavy (non-hydrogen) atoms. The molecular formula is C16H20F2O3. The fourth-order valence-corrected chi connectivity index (χ4v) is 3.34. The van der Waals surface area contributed by atoms with Crippen molar-refractivity contribution in [2.24, 2.45) is 0 Å². The van der Waals surface area contributed by atoms with Crippen LogP contribution in [0.2, 0.25) is 0 Å². The molecule has 1 aromatic carbocycles. The fraction of sp³-hybridized carbons (Fsp3) is 0.625. The van der Waals surface area contributed by atoms with Crippen molar-refractivity contribution in [1.29, 1.82) is 0 Å². The van der Waals surface area contributed by atoms with E-state index in [9.17, 15) is 8.78 Å². The van der Waals surface area contributed by atoms with Crippen molar-refractivity contribution in [3.05, 3.63) is 29.3 Å². The van der Waals surface area contributed by atoms with Crippen LogP contribution in [0.3, 0.4) is 0 Å². The van der Waals surface area contributed by atoms with E-state index in [1.807, 2.05) is 0 Å². The molecule has 0 amide bonds. The Hall–Kier alpha value is -1.20. The van der Waals surface area contributed by atoms with Crippen LogP contribution in [0.5, 0.6) is 5.75 Å². The number of benzene rings is 1. The van der Waals surface area contributed by atoms with Gasteiger partial charge >= 0.3 is 0 Å². The van der Waals surface area contributed by atoms with E-state index in [2.05, 4.69) is 0 Å². The molecule has 5 heteroatoms. The SMILES string of the molecule is COc1cc(C2CCC3(CC2)OCCO3)ccc1C(F)F. The highest BCUT2D eigenvalue weighted by atomic mass is 19.3. The first-order valence-corrected chi connectivity index (χ1v) is 7.37. The lowest BCUT2D eigenvalue weighted by Crippen LogP contribution is -2.34. The van der Waals surface area contributed by atoms with Gasteiger partial charge in [0.25, 0.3) is 6.43 Å². The molecule has 1 spiro atoms. The fourth-order valence-electron chi connectivity index (χ4n) is 3.34. The normalized spacial score (nSPS) is 22.1. The van der Waals surface area contributed by atoms with Gasteiger partial charge in [-0.1, -0.05) is 6.07 Å². The monoisotopic (exact) mass is 298 g/mol. The second kappa shape index (κ2) is 5.89. The molecule has 1 aliphatic heterocycles. The summed E-state index contributed by atoms with van der Waals surface area (Å²) in [7, 11) is 1.43. The molecule has 0 unspecified atom stereocenters. The summed E-state index contributed by atoms with van der Waals surface area (Å²) in [5.41, 5.74) is 1.01. The number of hydrogen-bond acceptors (Lipinski definition) is 3. The Kier molecular flexibility index (Phi) is 4.13. The van der Waals surface area contributed by atoms with Crippen LogP contribution in [0, 0.1) is 0 Å². The largest absolute Gasteiger partial charge is 0.496 e. The van der Waals surface area contributed by atoms with Crippen molar-refractivity contribution in [1.82, 2.24) is 0 Å². The zero-order valence-electron chi connectivity index (χ0n) is 12.1. The van der Waals surface area contributed by atoms with Crippen LogP contribution in [0.4, 0.5) is 8.78 Å². The summed E-state index contributed by atoms with van der Waals surface area (Å²) in [4.78, 5) is 0. The van der Waals surface area contributed by atoms with E-state index < -0.39 is 6.43 Å². The summed E-state index contributed by atoms with van der Waals surface area (Å²) in [6.45, 7) is 1.34. The predicted octanol–water partition coefficient (Wildman–Crippen LogP) is 4.03. The average Bonchev–Trinajstić information content (AvgIpc) is 2.95. The molecule has 2 fully saturated rings. The van der Waals surface area contributed by atoms with Crippen LogP contribution >= 0.6 is 0 Å². The van der Waals surface area contributed by atoms with Crippen LogP contribution in [0.25, 0.3) is 0 Å². The van der Waals surface area contributed by atoms with Gasteiger partial charge in [-0.15, -0.1) is 0 Å². The third kappa shape index (κ3) is 2.90. The maximum Gasteiger partial charge on any atom is 0.267 e. The lowest BCUT2D eigenvalue weighted by Gasteiger charge is -2.35. The minimum Gasteiger partial charge on any atom is -0.496 e. The molecule has 3 nitrogen and oxygen atoms in total. The van der Waals surface area contributed by atoms with E-state index in [1.54, 1.807) is 12.1 Å². The topological polar surface area (TPSA) is 27.7 Å². The van der Waals surface area contributed by atoms with Gasteiger partial charge in [-0.25, -0.2) is 8.78 Å². The summed E-state index contributed by atoms with van der Waals surface area (Å²) in [6, 6.07) is 5.02. The van der Waals surface area contributed by atoms with Crippen molar-refractivity contribution in [3.63, 3.8) is 0 Å².